The SMILES string of the molecule is CCC(CC)C(O)CNCCC(C)c1ccccc1. The van der Waals surface area contributed by atoms with Gasteiger partial charge in [-0.15, -0.1) is 0 Å². The largest absolute Gasteiger partial charge is 0.392 e. The van der Waals surface area contributed by atoms with Gasteiger partial charge in [0.1, 0.15) is 0 Å². The molecule has 1 aromatic carbocycles. The lowest BCUT2D eigenvalue weighted by Gasteiger charge is -2.21. The van der Waals surface area contributed by atoms with Crippen molar-refractivity contribution < 1.29 is 5.11 Å². The molecule has 0 saturated heterocycles. The summed E-state index contributed by atoms with van der Waals surface area (Å²) >= 11 is 0. The van der Waals surface area contributed by atoms with E-state index in [0.717, 1.165) is 25.8 Å². The monoisotopic (exact) mass is 263 g/mol. The molecule has 0 heterocycles. The first-order valence-corrected chi connectivity index (χ1v) is 7.62. The molecule has 0 amide bonds. The molecule has 2 unspecified atom stereocenters. The van der Waals surface area contributed by atoms with Gasteiger partial charge >= 0.3 is 0 Å². The van der Waals surface area contributed by atoms with E-state index in [-0.39, 0.29) is 6.10 Å². The van der Waals surface area contributed by atoms with Crippen molar-refractivity contribution in [1.29, 1.82) is 0 Å². The van der Waals surface area contributed by atoms with Crippen LogP contribution in [0.5, 0.6) is 0 Å². The quantitative estimate of drug-likeness (QED) is 0.668. The second-order valence-electron chi connectivity index (χ2n) is 5.45. The van der Waals surface area contributed by atoms with Crippen LogP contribution in [0.25, 0.3) is 0 Å². The molecular formula is C17H29NO. The molecular weight excluding hydrogens is 234 g/mol. The number of nitrogens with one attached hydrogen (secondary N) is 1. The van der Waals surface area contributed by atoms with Crippen LogP contribution in [0, 0.1) is 5.92 Å². The average molecular weight is 263 g/mol. The smallest absolute Gasteiger partial charge is 0.0692 e. The molecule has 0 spiro atoms. The molecule has 0 saturated carbocycles. The van der Waals surface area contributed by atoms with Gasteiger partial charge in [-0.2, -0.15) is 0 Å². The van der Waals surface area contributed by atoms with Gasteiger partial charge in [0.25, 0.3) is 0 Å². The summed E-state index contributed by atoms with van der Waals surface area (Å²) in [5.74, 6) is 0.998. The Kier molecular flexibility index (Phi) is 7.76. The number of aliphatic hydroxyl groups is 1. The first-order chi connectivity index (χ1) is 9.19. The van der Waals surface area contributed by atoms with Gasteiger partial charge in [0, 0.05) is 6.54 Å². The van der Waals surface area contributed by atoms with Crippen LogP contribution in [-0.2, 0) is 0 Å². The zero-order valence-electron chi connectivity index (χ0n) is 12.6. The second kappa shape index (κ2) is 9.11. The highest BCUT2D eigenvalue weighted by Gasteiger charge is 2.14. The molecule has 1 aromatic rings. The molecule has 2 nitrogen and oxygen atoms in total. The highest BCUT2D eigenvalue weighted by Crippen LogP contribution is 2.17. The Labute approximate surface area is 118 Å². The van der Waals surface area contributed by atoms with Gasteiger partial charge < -0.3 is 10.4 Å². The third-order valence-electron chi connectivity index (χ3n) is 4.07. The highest BCUT2D eigenvalue weighted by molar-refractivity contribution is 5.18. The summed E-state index contributed by atoms with van der Waals surface area (Å²) in [7, 11) is 0. The van der Waals surface area contributed by atoms with Crippen LogP contribution in [0.4, 0.5) is 0 Å². The van der Waals surface area contributed by atoms with Gasteiger partial charge in [-0.05, 0) is 30.4 Å². The fraction of sp³-hybridized carbons (Fsp3) is 0.647. The molecule has 0 aliphatic rings. The van der Waals surface area contributed by atoms with Gasteiger partial charge in [-0.1, -0.05) is 63.9 Å². The van der Waals surface area contributed by atoms with E-state index in [4.69, 9.17) is 0 Å². The number of hydrogen-bond acceptors (Lipinski definition) is 2. The van der Waals surface area contributed by atoms with Crippen molar-refractivity contribution in [3.63, 3.8) is 0 Å². The number of hydrogen-bond donors (Lipinski definition) is 2. The molecule has 2 atom stereocenters. The molecule has 0 fully saturated rings. The molecule has 0 bridgehead atoms. The molecule has 0 aromatic heterocycles. The number of aliphatic hydroxyl groups excluding tert-OH is 1. The minimum atomic E-state index is -0.206. The Hall–Kier alpha value is -0.860. The summed E-state index contributed by atoms with van der Waals surface area (Å²) in [4.78, 5) is 0. The number of benzene rings is 1. The van der Waals surface area contributed by atoms with Crippen LogP contribution in [0.15, 0.2) is 30.3 Å². The van der Waals surface area contributed by atoms with Gasteiger partial charge in [0.2, 0.25) is 0 Å². The molecule has 0 aliphatic heterocycles. The van der Waals surface area contributed by atoms with Gasteiger partial charge in [-0.3, -0.25) is 0 Å². The van der Waals surface area contributed by atoms with E-state index in [0.29, 0.717) is 18.4 Å². The molecule has 0 aliphatic carbocycles. The van der Waals surface area contributed by atoms with E-state index in [9.17, 15) is 5.11 Å². The van der Waals surface area contributed by atoms with Crippen LogP contribution in [-0.4, -0.2) is 24.3 Å². The Morgan fingerprint density at radius 2 is 1.74 bits per heavy atom. The number of rotatable bonds is 9. The fourth-order valence-electron chi connectivity index (χ4n) is 2.52. The third kappa shape index (κ3) is 5.75. The van der Waals surface area contributed by atoms with Crippen molar-refractivity contribution in [3.8, 4) is 0 Å². The predicted octanol–water partition coefficient (Wildman–Crippen LogP) is 3.57. The Bertz CT molecular complexity index is 321. The van der Waals surface area contributed by atoms with E-state index in [2.05, 4.69) is 56.4 Å². The highest BCUT2D eigenvalue weighted by atomic mass is 16.3. The Morgan fingerprint density at radius 1 is 1.11 bits per heavy atom. The molecule has 0 radical (unpaired) electrons. The lowest BCUT2D eigenvalue weighted by atomic mass is 9.96. The van der Waals surface area contributed by atoms with Crippen molar-refractivity contribution >= 4 is 0 Å². The minimum absolute atomic E-state index is 0.206. The summed E-state index contributed by atoms with van der Waals surface area (Å²) in [5, 5.41) is 13.4. The molecule has 2 heteroatoms. The molecule has 1 rings (SSSR count). The molecule has 2 N–H and O–H groups in total. The van der Waals surface area contributed by atoms with Crippen molar-refractivity contribution in [2.75, 3.05) is 13.1 Å². The first kappa shape index (κ1) is 16.2. The van der Waals surface area contributed by atoms with Crippen LogP contribution < -0.4 is 5.32 Å². The zero-order chi connectivity index (χ0) is 14.1. The Balaban J connectivity index is 2.20. The summed E-state index contributed by atoms with van der Waals surface area (Å²) in [6.07, 6.45) is 3.01. The zero-order valence-corrected chi connectivity index (χ0v) is 12.6. The van der Waals surface area contributed by atoms with Gasteiger partial charge in [-0.25, -0.2) is 0 Å². The Morgan fingerprint density at radius 3 is 2.32 bits per heavy atom. The fourth-order valence-corrected chi connectivity index (χ4v) is 2.52. The third-order valence-corrected chi connectivity index (χ3v) is 4.07. The summed E-state index contributed by atoms with van der Waals surface area (Å²) in [5.41, 5.74) is 1.39. The summed E-state index contributed by atoms with van der Waals surface area (Å²) in [6.45, 7) is 8.24. The maximum Gasteiger partial charge on any atom is 0.0692 e. The normalized spacial score (nSPS) is 14.6. The maximum absolute atomic E-state index is 10.0. The topological polar surface area (TPSA) is 32.3 Å². The van der Waals surface area contributed by atoms with Crippen LogP contribution >= 0.6 is 0 Å². The molecule has 108 valence electrons. The van der Waals surface area contributed by atoms with Crippen LogP contribution in [0.1, 0.15) is 51.5 Å². The predicted molar refractivity (Wildman–Crippen MR) is 82.4 cm³/mol. The van der Waals surface area contributed by atoms with E-state index in [1.54, 1.807) is 0 Å². The van der Waals surface area contributed by atoms with Crippen LogP contribution in [0.2, 0.25) is 0 Å². The molecule has 19 heavy (non-hydrogen) atoms. The summed E-state index contributed by atoms with van der Waals surface area (Å²) in [6, 6.07) is 10.6. The van der Waals surface area contributed by atoms with E-state index < -0.39 is 0 Å². The van der Waals surface area contributed by atoms with Gasteiger partial charge in [0.05, 0.1) is 6.10 Å². The van der Waals surface area contributed by atoms with E-state index in [1.807, 2.05) is 0 Å². The van der Waals surface area contributed by atoms with Crippen molar-refractivity contribution in [1.82, 2.24) is 5.32 Å². The van der Waals surface area contributed by atoms with E-state index >= 15 is 0 Å². The lowest BCUT2D eigenvalue weighted by molar-refractivity contribution is 0.101. The standard InChI is InChI=1S/C17H29NO/c1-4-15(5-2)17(19)13-18-12-11-14(3)16-9-7-6-8-10-16/h6-10,14-15,17-19H,4-5,11-13H2,1-3H3. The van der Waals surface area contributed by atoms with Crippen molar-refractivity contribution in [2.45, 2.75) is 52.1 Å². The lowest BCUT2D eigenvalue weighted by Crippen LogP contribution is -2.33. The maximum atomic E-state index is 10.0. The van der Waals surface area contributed by atoms with Gasteiger partial charge in [0.15, 0.2) is 0 Å². The van der Waals surface area contributed by atoms with Crippen LogP contribution in [0.3, 0.4) is 0 Å². The average Bonchev–Trinajstić information content (AvgIpc) is 2.45. The first-order valence-electron chi connectivity index (χ1n) is 7.62. The van der Waals surface area contributed by atoms with E-state index in [1.165, 1.54) is 5.56 Å². The minimum Gasteiger partial charge on any atom is -0.392 e. The summed E-state index contributed by atoms with van der Waals surface area (Å²) < 4.78 is 0. The van der Waals surface area contributed by atoms with Crippen molar-refractivity contribution in [2.24, 2.45) is 5.92 Å². The van der Waals surface area contributed by atoms with Crippen molar-refractivity contribution in [3.05, 3.63) is 35.9 Å². The second-order valence-corrected chi connectivity index (χ2v) is 5.45.